The Morgan fingerprint density at radius 2 is 2.05 bits per heavy atom. The van der Waals surface area contributed by atoms with E-state index >= 15 is 0 Å². The zero-order valence-electron chi connectivity index (χ0n) is 12.4. The first-order chi connectivity index (χ1) is 9.36. The van der Waals surface area contributed by atoms with Crippen LogP contribution in [-0.4, -0.2) is 28.7 Å². The van der Waals surface area contributed by atoms with Gasteiger partial charge in [0, 0.05) is 6.54 Å². The maximum atomic E-state index is 12.1. The molecule has 0 spiro atoms. The molecule has 1 rings (SSSR count). The average Bonchev–Trinajstić information content (AvgIpc) is 2.74. The fourth-order valence-electron chi connectivity index (χ4n) is 2.10. The van der Waals surface area contributed by atoms with E-state index in [1.807, 2.05) is 20.8 Å². The molecule has 1 aromatic heterocycles. The molecule has 1 unspecified atom stereocenters. The summed E-state index contributed by atoms with van der Waals surface area (Å²) in [6.07, 6.45) is 1.12. The number of carboxylic acids is 1. The van der Waals surface area contributed by atoms with Crippen LogP contribution in [0.4, 0.5) is 0 Å². The Bertz CT molecular complexity index is 480. The summed E-state index contributed by atoms with van der Waals surface area (Å²) in [6.45, 7) is 7.57. The fourth-order valence-corrected chi connectivity index (χ4v) is 2.10. The molecular formula is C14H22N2O4. The lowest BCUT2D eigenvalue weighted by Crippen LogP contribution is -2.34. The summed E-state index contributed by atoms with van der Waals surface area (Å²) in [7, 11) is 0. The number of carbonyl (C=O) groups is 2. The van der Waals surface area contributed by atoms with Crippen molar-refractivity contribution < 1.29 is 19.2 Å². The van der Waals surface area contributed by atoms with Crippen LogP contribution in [0.2, 0.25) is 0 Å². The monoisotopic (exact) mass is 282 g/mol. The normalized spacial score (nSPS) is 12.4. The lowest BCUT2D eigenvalue weighted by Gasteiger charge is -2.15. The number of amides is 1. The van der Waals surface area contributed by atoms with Crippen molar-refractivity contribution in [2.45, 2.75) is 40.5 Å². The van der Waals surface area contributed by atoms with E-state index in [2.05, 4.69) is 10.5 Å². The third-order valence-electron chi connectivity index (χ3n) is 3.11. The Kier molecular flexibility index (Phi) is 5.73. The molecule has 6 nitrogen and oxygen atoms in total. The van der Waals surface area contributed by atoms with Crippen molar-refractivity contribution in [1.29, 1.82) is 0 Å². The predicted octanol–water partition coefficient (Wildman–Crippen LogP) is 2.02. The molecule has 0 saturated heterocycles. The summed E-state index contributed by atoms with van der Waals surface area (Å²) in [5.74, 6) is -1.08. The molecule has 0 radical (unpaired) electrons. The highest BCUT2D eigenvalue weighted by atomic mass is 16.5. The average molecular weight is 282 g/mol. The van der Waals surface area contributed by atoms with Gasteiger partial charge in [-0.25, -0.2) is 0 Å². The van der Waals surface area contributed by atoms with E-state index in [9.17, 15) is 9.59 Å². The van der Waals surface area contributed by atoms with Crippen molar-refractivity contribution >= 4 is 11.9 Å². The van der Waals surface area contributed by atoms with Gasteiger partial charge in [-0.05, 0) is 25.7 Å². The number of hydrogen-bond acceptors (Lipinski definition) is 4. The molecular weight excluding hydrogens is 260 g/mol. The molecule has 0 aliphatic rings. The number of nitrogens with zero attached hydrogens (tertiary/aromatic N) is 1. The Morgan fingerprint density at radius 3 is 2.55 bits per heavy atom. The Balaban J connectivity index is 2.70. The summed E-state index contributed by atoms with van der Waals surface area (Å²) >= 11 is 0. The van der Waals surface area contributed by atoms with Crippen molar-refractivity contribution in [3.8, 4) is 0 Å². The third kappa shape index (κ3) is 4.08. The highest BCUT2D eigenvalue weighted by molar-refractivity contribution is 5.96. The van der Waals surface area contributed by atoms with Gasteiger partial charge in [0.1, 0.15) is 11.3 Å². The number of aromatic nitrogens is 1. The van der Waals surface area contributed by atoms with E-state index in [0.717, 1.165) is 0 Å². The van der Waals surface area contributed by atoms with Crippen LogP contribution in [-0.2, 0) is 11.2 Å². The summed E-state index contributed by atoms with van der Waals surface area (Å²) in [5.41, 5.74) is 1.01. The van der Waals surface area contributed by atoms with E-state index in [0.29, 0.717) is 29.9 Å². The maximum Gasteiger partial charge on any atom is 0.308 e. The molecule has 0 fully saturated rings. The second-order valence-corrected chi connectivity index (χ2v) is 5.29. The molecule has 1 heterocycles. The third-order valence-corrected chi connectivity index (χ3v) is 3.11. The van der Waals surface area contributed by atoms with Gasteiger partial charge in [-0.1, -0.05) is 25.9 Å². The van der Waals surface area contributed by atoms with Crippen LogP contribution in [0.15, 0.2) is 4.52 Å². The first-order valence-corrected chi connectivity index (χ1v) is 6.82. The van der Waals surface area contributed by atoms with Crippen molar-refractivity contribution in [1.82, 2.24) is 10.5 Å². The van der Waals surface area contributed by atoms with Crippen LogP contribution in [0.1, 0.15) is 49.0 Å². The van der Waals surface area contributed by atoms with Gasteiger partial charge in [-0.3, -0.25) is 9.59 Å². The second kappa shape index (κ2) is 7.07. The molecule has 0 aliphatic heterocycles. The number of aliphatic carboxylic acids is 1. The lowest BCUT2D eigenvalue weighted by molar-refractivity contribution is -0.142. The SMILES string of the molecule is CCc1noc(C)c1C(=O)NCC(CC(C)C)C(=O)O. The quantitative estimate of drug-likeness (QED) is 0.798. The van der Waals surface area contributed by atoms with Gasteiger partial charge in [-0.15, -0.1) is 0 Å². The van der Waals surface area contributed by atoms with Crippen molar-refractivity contribution in [2.24, 2.45) is 11.8 Å². The number of carbonyl (C=O) groups excluding carboxylic acids is 1. The van der Waals surface area contributed by atoms with E-state index in [-0.39, 0.29) is 18.4 Å². The zero-order valence-corrected chi connectivity index (χ0v) is 12.4. The number of aryl methyl sites for hydroxylation is 2. The smallest absolute Gasteiger partial charge is 0.308 e. The molecule has 1 atom stereocenters. The summed E-state index contributed by atoms with van der Waals surface area (Å²) < 4.78 is 5.00. The van der Waals surface area contributed by atoms with Gasteiger partial charge in [-0.2, -0.15) is 0 Å². The van der Waals surface area contributed by atoms with Crippen molar-refractivity contribution in [3.05, 3.63) is 17.0 Å². The molecule has 2 N–H and O–H groups in total. The molecule has 0 aliphatic carbocycles. The highest BCUT2D eigenvalue weighted by Gasteiger charge is 2.23. The molecule has 0 bridgehead atoms. The van der Waals surface area contributed by atoms with Crippen LogP contribution < -0.4 is 5.32 Å². The van der Waals surface area contributed by atoms with E-state index in [4.69, 9.17) is 9.63 Å². The lowest BCUT2D eigenvalue weighted by atomic mass is 9.97. The van der Waals surface area contributed by atoms with Gasteiger partial charge >= 0.3 is 5.97 Å². The second-order valence-electron chi connectivity index (χ2n) is 5.29. The van der Waals surface area contributed by atoms with Crippen molar-refractivity contribution in [3.63, 3.8) is 0 Å². The first-order valence-electron chi connectivity index (χ1n) is 6.82. The molecule has 6 heteroatoms. The number of nitrogens with one attached hydrogen (secondary N) is 1. The van der Waals surface area contributed by atoms with E-state index < -0.39 is 11.9 Å². The Hall–Kier alpha value is -1.85. The van der Waals surface area contributed by atoms with Crippen LogP contribution >= 0.6 is 0 Å². The fraction of sp³-hybridized carbons (Fsp3) is 0.643. The molecule has 112 valence electrons. The molecule has 1 aromatic rings. The Morgan fingerprint density at radius 1 is 1.40 bits per heavy atom. The standard InChI is InChI=1S/C14H22N2O4/c1-5-11-12(9(4)20-16-11)13(17)15-7-10(14(18)19)6-8(2)3/h8,10H,5-7H2,1-4H3,(H,15,17)(H,18,19). The zero-order chi connectivity index (χ0) is 15.3. The topological polar surface area (TPSA) is 92.4 Å². The molecule has 0 aromatic carbocycles. The Labute approximate surface area is 118 Å². The maximum absolute atomic E-state index is 12.1. The van der Waals surface area contributed by atoms with Crippen LogP contribution in [0.25, 0.3) is 0 Å². The highest BCUT2D eigenvalue weighted by Crippen LogP contribution is 2.15. The minimum absolute atomic E-state index is 0.111. The minimum atomic E-state index is -0.892. The molecule has 0 saturated carbocycles. The summed E-state index contributed by atoms with van der Waals surface area (Å²) in [6, 6.07) is 0. The van der Waals surface area contributed by atoms with Crippen LogP contribution in [0, 0.1) is 18.8 Å². The van der Waals surface area contributed by atoms with Crippen molar-refractivity contribution in [2.75, 3.05) is 6.54 Å². The van der Waals surface area contributed by atoms with Gasteiger partial charge < -0.3 is 14.9 Å². The van der Waals surface area contributed by atoms with E-state index in [1.54, 1.807) is 6.92 Å². The van der Waals surface area contributed by atoms with Gasteiger partial charge in [0.05, 0.1) is 11.6 Å². The minimum Gasteiger partial charge on any atom is -0.481 e. The largest absolute Gasteiger partial charge is 0.481 e. The predicted molar refractivity (Wildman–Crippen MR) is 73.5 cm³/mol. The van der Waals surface area contributed by atoms with Gasteiger partial charge in [0.15, 0.2) is 0 Å². The van der Waals surface area contributed by atoms with E-state index in [1.165, 1.54) is 0 Å². The number of rotatable bonds is 7. The summed E-state index contributed by atoms with van der Waals surface area (Å²) in [5, 5.41) is 15.6. The summed E-state index contributed by atoms with van der Waals surface area (Å²) in [4.78, 5) is 23.3. The van der Waals surface area contributed by atoms with Crippen LogP contribution in [0.5, 0.6) is 0 Å². The van der Waals surface area contributed by atoms with Gasteiger partial charge in [0.2, 0.25) is 0 Å². The number of carboxylic acid groups (broad SMARTS) is 1. The van der Waals surface area contributed by atoms with Crippen LogP contribution in [0.3, 0.4) is 0 Å². The number of hydrogen-bond donors (Lipinski definition) is 2. The molecule has 1 amide bonds. The first kappa shape index (κ1) is 16.2. The molecule has 20 heavy (non-hydrogen) atoms. The van der Waals surface area contributed by atoms with Gasteiger partial charge in [0.25, 0.3) is 5.91 Å².